The fourth-order valence-electron chi connectivity index (χ4n) is 2.66. The number of para-hydroxylation sites is 1. The Hall–Kier alpha value is -2.79. The summed E-state index contributed by atoms with van der Waals surface area (Å²) in [7, 11) is -2.14. The van der Waals surface area contributed by atoms with Crippen molar-refractivity contribution >= 4 is 15.7 Å². The van der Waals surface area contributed by atoms with E-state index in [0.29, 0.717) is 11.4 Å². The van der Waals surface area contributed by atoms with E-state index >= 15 is 0 Å². The van der Waals surface area contributed by atoms with Gasteiger partial charge in [-0.3, -0.25) is 4.72 Å². The van der Waals surface area contributed by atoms with Crippen LogP contribution in [0.2, 0.25) is 0 Å². The molecule has 0 bridgehead atoms. The second-order valence-corrected chi connectivity index (χ2v) is 7.33. The highest BCUT2D eigenvalue weighted by molar-refractivity contribution is 7.92. The van der Waals surface area contributed by atoms with E-state index in [0.717, 1.165) is 16.7 Å². The number of benzene rings is 3. The molecule has 25 heavy (non-hydrogen) atoms. The minimum absolute atomic E-state index is 0.202. The summed E-state index contributed by atoms with van der Waals surface area (Å²) in [6.45, 7) is 1.82. The van der Waals surface area contributed by atoms with Crippen LogP contribution in [0, 0.1) is 6.92 Å². The summed E-state index contributed by atoms with van der Waals surface area (Å²) in [5, 5.41) is 0. The Bertz CT molecular complexity index is 983. The largest absolute Gasteiger partial charge is 0.496 e. The molecule has 0 aliphatic rings. The number of ether oxygens (including phenoxy) is 1. The molecule has 1 N–H and O–H groups in total. The van der Waals surface area contributed by atoms with Gasteiger partial charge in [-0.15, -0.1) is 0 Å². The lowest BCUT2D eigenvalue weighted by Crippen LogP contribution is -2.14. The van der Waals surface area contributed by atoms with Crippen molar-refractivity contribution in [3.63, 3.8) is 0 Å². The zero-order valence-corrected chi connectivity index (χ0v) is 14.9. The molecule has 0 spiro atoms. The third-order valence-corrected chi connectivity index (χ3v) is 5.30. The van der Waals surface area contributed by atoms with Gasteiger partial charge in [0.1, 0.15) is 5.75 Å². The van der Waals surface area contributed by atoms with Gasteiger partial charge >= 0.3 is 0 Å². The summed E-state index contributed by atoms with van der Waals surface area (Å²) >= 11 is 0. The Morgan fingerprint density at radius 1 is 0.880 bits per heavy atom. The Kier molecular flexibility index (Phi) is 4.76. The minimum atomic E-state index is -3.70. The van der Waals surface area contributed by atoms with Crippen LogP contribution in [-0.2, 0) is 10.0 Å². The first-order valence-electron chi connectivity index (χ1n) is 7.83. The van der Waals surface area contributed by atoms with Crippen LogP contribution >= 0.6 is 0 Å². The van der Waals surface area contributed by atoms with Crippen LogP contribution in [-0.4, -0.2) is 15.5 Å². The molecule has 0 aromatic heterocycles. The summed E-state index contributed by atoms with van der Waals surface area (Å²) in [5.74, 6) is 0.656. The standard InChI is InChI=1S/C20H19NO3S/c1-15-14-17(12-13-20(15)24-2)25(22,23)21-19-11-7-6-10-18(19)16-8-4-3-5-9-16/h3-14,21H,1-2H3. The molecular formula is C20H19NO3S. The van der Waals surface area contributed by atoms with Crippen LogP contribution in [0.1, 0.15) is 5.56 Å². The molecule has 0 aliphatic carbocycles. The molecule has 3 aromatic rings. The molecule has 0 saturated carbocycles. The van der Waals surface area contributed by atoms with E-state index in [1.165, 1.54) is 0 Å². The van der Waals surface area contributed by atoms with Gasteiger partial charge < -0.3 is 4.74 Å². The van der Waals surface area contributed by atoms with E-state index in [4.69, 9.17) is 4.74 Å². The molecule has 0 unspecified atom stereocenters. The predicted octanol–water partition coefficient (Wildman–Crippen LogP) is 4.47. The highest BCUT2D eigenvalue weighted by Crippen LogP contribution is 2.30. The van der Waals surface area contributed by atoms with Crippen molar-refractivity contribution in [2.45, 2.75) is 11.8 Å². The summed E-state index contributed by atoms with van der Waals surface area (Å²) in [6.07, 6.45) is 0. The average Bonchev–Trinajstić information content (AvgIpc) is 2.62. The second-order valence-electron chi connectivity index (χ2n) is 5.65. The number of sulfonamides is 1. The van der Waals surface area contributed by atoms with Crippen LogP contribution in [0.5, 0.6) is 5.75 Å². The Morgan fingerprint density at radius 2 is 1.56 bits per heavy atom. The monoisotopic (exact) mass is 353 g/mol. The first kappa shape index (κ1) is 17.0. The van der Waals surface area contributed by atoms with E-state index in [-0.39, 0.29) is 4.90 Å². The average molecular weight is 353 g/mol. The lowest BCUT2D eigenvalue weighted by atomic mass is 10.0. The van der Waals surface area contributed by atoms with Gasteiger partial charge in [0.05, 0.1) is 17.7 Å². The van der Waals surface area contributed by atoms with Gasteiger partial charge in [-0.1, -0.05) is 48.5 Å². The molecule has 0 heterocycles. The molecule has 3 aromatic carbocycles. The minimum Gasteiger partial charge on any atom is -0.496 e. The van der Waals surface area contributed by atoms with Crippen molar-refractivity contribution in [2.24, 2.45) is 0 Å². The Morgan fingerprint density at radius 3 is 2.24 bits per heavy atom. The molecule has 0 radical (unpaired) electrons. The maximum absolute atomic E-state index is 12.8. The van der Waals surface area contributed by atoms with Crippen molar-refractivity contribution in [3.05, 3.63) is 78.4 Å². The second kappa shape index (κ2) is 6.99. The van der Waals surface area contributed by atoms with Gasteiger partial charge in [-0.25, -0.2) is 8.42 Å². The quantitative estimate of drug-likeness (QED) is 0.736. The topological polar surface area (TPSA) is 55.4 Å². The zero-order chi connectivity index (χ0) is 17.9. The molecule has 3 rings (SSSR count). The van der Waals surface area contributed by atoms with Crippen LogP contribution in [0.15, 0.2) is 77.7 Å². The number of hydrogen-bond acceptors (Lipinski definition) is 3. The maximum Gasteiger partial charge on any atom is 0.261 e. The predicted molar refractivity (Wildman–Crippen MR) is 100 cm³/mol. The van der Waals surface area contributed by atoms with Crippen LogP contribution in [0.25, 0.3) is 11.1 Å². The molecule has 0 fully saturated rings. The molecule has 128 valence electrons. The molecule has 4 nitrogen and oxygen atoms in total. The first-order valence-corrected chi connectivity index (χ1v) is 9.31. The number of methoxy groups -OCH3 is 1. The SMILES string of the molecule is COc1ccc(S(=O)(=O)Nc2ccccc2-c2ccccc2)cc1C. The van der Waals surface area contributed by atoms with Gasteiger partial charge in [0.25, 0.3) is 10.0 Å². The van der Waals surface area contributed by atoms with E-state index in [1.54, 1.807) is 31.4 Å². The highest BCUT2D eigenvalue weighted by Gasteiger charge is 2.17. The normalized spacial score (nSPS) is 11.1. The molecule has 0 atom stereocenters. The zero-order valence-electron chi connectivity index (χ0n) is 14.1. The van der Waals surface area contributed by atoms with Crippen molar-refractivity contribution in [3.8, 4) is 16.9 Å². The number of aryl methyl sites for hydroxylation is 1. The smallest absolute Gasteiger partial charge is 0.261 e. The summed E-state index contributed by atoms with van der Waals surface area (Å²) < 4.78 is 33.5. The Labute approximate surface area is 148 Å². The maximum atomic E-state index is 12.8. The summed E-state index contributed by atoms with van der Waals surface area (Å²) in [5.41, 5.74) is 3.09. The molecule has 5 heteroatoms. The summed E-state index contributed by atoms with van der Waals surface area (Å²) in [6, 6.07) is 21.8. The fourth-order valence-corrected chi connectivity index (χ4v) is 3.83. The van der Waals surface area contributed by atoms with E-state index < -0.39 is 10.0 Å². The number of anilines is 1. The lowest BCUT2D eigenvalue weighted by molar-refractivity contribution is 0.411. The third kappa shape index (κ3) is 3.67. The molecule has 0 amide bonds. The van der Waals surface area contributed by atoms with E-state index in [2.05, 4.69) is 4.72 Å². The number of nitrogens with one attached hydrogen (secondary N) is 1. The van der Waals surface area contributed by atoms with E-state index in [9.17, 15) is 8.42 Å². The van der Waals surface area contributed by atoms with Crippen LogP contribution in [0.4, 0.5) is 5.69 Å². The van der Waals surface area contributed by atoms with Crippen molar-refractivity contribution in [1.29, 1.82) is 0 Å². The fraction of sp³-hybridized carbons (Fsp3) is 0.100. The molecular weight excluding hydrogens is 334 g/mol. The van der Waals surface area contributed by atoms with Gasteiger partial charge in [-0.05, 0) is 42.3 Å². The Balaban J connectivity index is 1.98. The van der Waals surface area contributed by atoms with Crippen molar-refractivity contribution in [2.75, 3.05) is 11.8 Å². The highest BCUT2D eigenvalue weighted by atomic mass is 32.2. The number of hydrogen-bond donors (Lipinski definition) is 1. The summed E-state index contributed by atoms with van der Waals surface area (Å²) in [4.78, 5) is 0.202. The van der Waals surface area contributed by atoms with Gasteiger partial charge in [0.15, 0.2) is 0 Å². The molecule has 0 aliphatic heterocycles. The lowest BCUT2D eigenvalue weighted by Gasteiger charge is -2.14. The van der Waals surface area contributed by atoms with Gasteiger partial charge in [0.2, 0.25) is 0 Å². The van der Waals surface area contributed by atoms with Gasteiger partial charge in [-0.2, -0.15) is 0 Å². The first-order chi connectivity index (χ1) is 12.0. The van der Waals surface area contributed by atoms with Crippen LogP contribution in [0.3, 0.4) is 0 Å². The third-order valence-electron chi connectivity index (χ3n) is 3.93. The van der Waals surface area contributed by atoms with Crippen molar-refractivity contribution in [1.82, 2.24) is 0 Å². The van der Waals surface area contributed by atoms with Crippen molar-refractivity contribution < 1.29 is 13.2 Å². The number of rotatable bonds is 5. The van der Waals surface area contributed by atoms with E-state index in [1.807, 2.05) is 55.5 Å². The van der Waals surface area contributed by atoms with Gasteiger partial charge in [0, 0.05) is 5.56 Å². The molecule has 0 saturated heterocycles. The van der Waals surface area contributed by atoms with Crippen LogP contribution < -0.4 is 9.46 Å².